The van der Waals surface area contributed by atoms with Crippen LogP contribution in [0.25, 0.3) is 0 Å². The Bertz CT molecular complexity index is 362. The molecule has 4 heteroatoms. The lowest BCUT2D eigenvalue weighted by molar-refractivity contribution is 0.410. The SMILES string of the molecule is CCN(CC)/C(=N\Cl)c1ccccc1OC. The van der Waals surface area contributed by atoms with Crippen molar-refractivity contribution in [2.24, 2.45) is 4.51 Å². The number of nitrogens with zero attached hydrogens (tertiary/aromatic N) is 2. The standard InChI is InChI=1S/C12H17ClN2O/c1-4-15(5-2)12(14-13)10-8-6-7-9-11(10)16-3/h6-9H,4-5H2,1-3H3/b14-12-. The molecule has 0 atom stereocenters. The minimum Gasteiger partial charge on any atom is -0.496 e. The van der Waals surface area contributed by atoms with Crippen LogP contribution in [-0.4, -0.2) is 30.9 Å². The molecule has 3 nitrogen and oxygen atoms in total. The molecule has 0 N–H and O–H groups in total. The largest absolute Gasteiger partial charge is 0.496 e. The maximum absolute atomic E-state index is 5.67. The molecule has 1 aromatic carbocycles. The maximum Gasteiger partial charge on any atom is 0.154 e. The van der Waals surface area contributed by atoms with Crippen LogP contribution in [0.3, 0.4) is 0 Å². The number of methoxy groups -OCH3 is 1. The van der Waals surface area contributed by atoms with Gasteiger partial charge in [0, 0.05) is 24.9 Å². The molecule has 0 amide bonds. The van der Waals surface area contributed by atoms with Gasteiger partial charge in [-0.25, -0.2) is 0 Å². The van der Waals surface area contributed by atoms with E-state index in [1.807, 2.05) is 24.3 Å². The summed E-state index contributed by atoms with van der Waals surface area (Å²) in [5.41, 5.74) is 0.920. The molecule has 1 aromatic rings. The summed E-state index contributed by atoms with van der Waals surface area (Å²) in [5, 5.41) is 0. The Hall–Kier alpha value is -1.22. The Labute approximate surface area is 102 Å². The summed E-state index contributed by atoms with van der Waals surface area (Å²) in [6.07, 6.45) is 0. The quantitative estimate of drug-likeness (QED) is 0.597. The van der Waals surface area contributed by atoms with Gasteiger partial charge in [0.05, 0.1) is 12.7 Å². The van der Waals surface area contributed by atoms with Gasteiger partial charge >= 0.3 is 0 Å². The minimum absolute atomic E-state index is 0.754. The summed E-state index contributed by atoms with van der Waals surface area (Å²) >= 11 is 5.67. The third-order valence-corrected chi connectivity index (χ3v) is 2.65. The fourth-order valence-corrected chi connectivity index (χ4v) is 1.82. The van der Waals surface area contributed by atoms with E-state index in [2.05, 4.69) is 23.3 Å². The molecule has 0 radical (unpaired) electrons. The first kappa shape index (κ1) is 12.8. The second-order valence-electron chi connectivity index (χ2n) is 3.28. The van der Waals surface area contributed by atoms with Gasteiger partial charge in [0.1, 0.15) is 5.75 Å². The summed E-state index contributed by atoms with van der Waals surface area (Å²) in [7, 11) is 1.65. The highest BCUT2D eigenvalue weighted by Crippen LogP contribution is 2.20. The van der Waals surface area contributed by atoms with Crippen molar-refractivity contribution < 1.29 is 4.74 Å². The highest BCUT2D eigenvalue weighted by molar-refractivity contribution is 6.22. The predicted octanol–water partition coefficient (Wildman–Crippen LogP) is 2.94. The van der Waals surface area contributed by atoms with Crippen molar-refractivity contribution in [1.29, 1.82) is 0 Å². The Morgan fingerprint density at radius 3 is 2.44 bits per heavy atom. The number of rotatable bonds is 4. The van der Waals surface area contributed by atoms with Crippen molar-refractivity contribution in [3.63, 3.8) is 0 Å². The lowest BCUT2D eigenvalue weighted by Gasteiger charge is -2.23. The Kier molecular flexibility index (Phi) is 5.12. The molecule has 0 saturated carbocycles. The van der Waals surface area contributed by atoms with Crippen molar-refractivity contribution in [2.45, 2.75) is 13.8 Å². The molecule has 0 bridgehead atoms. The monoisotopic (exact) mass is 240 g/mol. The van der Waals surface area contributed by atoms with Crippen LogP contribution < -0.4 is 4.74 Å². The first-order valence-corrected chi connectivity index (χ1v) is 5.69. The van der Waals surface area contributed by atoms with E-state index in [1.54, 1.807) is 7.11 Å². The molecule has 0 fully saturated rings. The number of para-hydroxylation sites is 1. The van der Waals surface area contributed by atoms with Crippen LogP contribution in [0, 0.1) is 0 Å². The number of hydrogen-bond acceptors (Lipinski definition) is 2. The van der Waals surface area contributed by atoms with E-state index in [0.29, 0.717) is 0 Å². The van der Waals surface area contributed by atoms with Gasteiger partial charge in [-0.1, -0.05) is 12.1 Å². The van der Waals surface area contributed by atoms with E-state index in [1.165, 1.54) is 0 Å². The molecule has 0 heterocycles. The Balaban J connectivity index is 3.13. The molecule has 0 aliphatic rings. The second kappa shape index (κ2) is 6.38. The molecule has 0 aliphatic heterocycles. The number of benzene rings is 1. The van der Waals surface area contributed by atoms with Gasteiger partial charge in [-0.2, -0.15) is 4.51 Å². The van der Waals surface area contributed by atoms with Crippen LogP contribution >= 0.6 is 11.8 Å². The predicted molar refractivity (Wildman–Crippen MR) is 68.3 cm³/mol. The second-order valence-corrected chi connectivity index (χ2v) is 3.45. The van der Waals surface area contributed by atoms with E-state index in [9.17, 15) is 0 Å². The molecule has 16 heavy (non-hydrogen) atoms. The van der Waals surface area contributed by atoms with Crippen molar-refractivity contribution in [2.75, 3.05) is 20.2 Å². The average Bonchev–Trinajstić information content (AvgIpc) is 2.35. The first-order valence-electron chi connectivity index (χ1n) is 5.35. The normalized spacial score (nSPS) is 11.4. The topological polar surface area (TPSA) is 24.8 Å². The van der Waals surface area contributed by atoms with Crippen molar-refractivity contribution in [1.82, 2.24) is 4.90 Å². The molecule has 0 unspecified atom stereocenters. The molecule has 88 valence electrons. The zero-order chi connectivity index (χ0) is 12.0. The van der Waals surface area contributed by atoms with Crippen LogP contribution in [0.4, 0.5) is 0 Å². The smallest absolute Gasteiger partial charge is 0.154 e. The number of hydrogen-bond donors (Lipinski definition) is 0. The molecule has 0 aliphatic carbocycles. The number of ether oxygens (including phenoxy) is 1. The van der Waals surface area contributed by atoms with Gasteiger partial charge < -0.3 is 9.64 Å². The van der Waals surface area contributed by atoms with Crippen LogP contribution in [0.5, 0.6) is 5.75 Å². The lowest BCUT2D eigenvalue weighted by Crippen LogP contribution is -2.31. The number of amidine groups is 1. The number of halogens is 1. The first-order chi connectivity index (χ1) is 7.78. The molecule has 0 spiro atoms. The molecule has 1 rings (SSSR count). The Morgan fingerprint density at radius 2 is 1.94 bits per heavy atom. The molecular weight excluding hydrogens is 224 g/mol. The molecular formula is C12H17ClN2O. The Morgan fingerprint density at radius 1 is 1.31 bits per heavy atom. The molecule has 0 saturated heterocycles. The van der Waals surface area contributed by atoms with Gasteiger partial charge in [-0.3, -0.25) is 0 Å². The summed E-state index contributed by atoms with van der Waals surface area (Å²) in [4.78, 5) is 2.09. The third kappa shape index (κ3) is 2.67. The third-order valence-electron chi connectivity index (χ3n) is 2.49. The van der Waals surface area contributed by atoms with E-state index in [-0.39, 0.29) is 0 Å². The van der Waals surface area contributed by atoms with Crippen molar-refractivity contribution in [3.05, 3.63) is 29.8 Å². The van der Waals surface area contributed by atoms with Crippen molar-refractivity contribution >= 4 is 17.6 Å². The lowest BCUT2D eigenvalue weighted by atomic mass is 10.1. The van der Waals surface area contributed by atoms with Crippen LogP contribution in [0.1, 0.15) is 19.4 Å². The van der Waals surface area contributed by atoms with Crippen LogP contribution in [0.15, 0.2) is 28.8 Å². The van der Waals surface area contributed by atoms with Crippen molar-refractivity contribution in [3.8, 4) is 5.75 Å². The summed E-state index contributed by atoms with van der Waals surface area (Å²) in [6, 6.07) is 7.74. The van der Waals surface area contributed by atoms with E-state index in [4.69, 9.17) is 16.5 Å². The van der Waals surface area contributed by atoms with Gasteiger partial charge in [0.25, 0.3) is 0 Å². The molecule has 0 aromatic heterocycles. The summed E-state index contributed by atoms with van der Waals surface area (Å²) in [5.74, 6) is 1.54. The highest BCUT2D eigenvalue weighted by Gasteiger charge is 2.14. The summed E-state index contributed by atoms with van der Waals surface area (Å²) < 4.78 is 9.14. The van der Waals surface area contributed by atoms with Gasteiger partial charge in [0.15, 0.2) is 5.84 Å². The minimum atomic E-state index is 0.754. The zero-order valence-electron chi connectivity index (χ0n) is 9.90. The average molecular weight is 241 g/mol. The fraction of sp³-hybridized carbons (Fsp3) is 0.417. The van der Waals surface area contributed by atoms with Crippen LogP contribution in [-0.2, 0) is 0 Å². The van der Waals surface area contributed by atoms with Gasteiger partial charge in [-0.15, -0.1) is 0 Å². The maximum atomic E-state index is 5.67. The fourth-order valence-electron chi connectivity index (χ4n) is 1.62. The van der Waals surface area contributed by atoms with Gasteiger partial charge in [-0.05, 0) is 26.0 Å². The van der Waals surface area contributed by atoms with E-state index < -0.39 is 0 Å². The summed E-state index contributed by atoms with van der Waals surface area (Å²) in [6.45, 7) is 5.86. The van der Waals surface area contributed by atoms with E-state index in [0.717, 1.165) is 30.2 Å². The van der Waals surface area contributed by atoms with E-state index >= 15 is 0 Å². The van der Waals surface area contributed by atoms with Gasteiger partial charge in [0.2, 0.25) is 0 Å². The highest BCUT2D eigenvalue weighted by atomic mass is 35.5. The van der Waals surface area contributed by atoms with Crippen LogP contribution in [0.2, 0.25) is 0 Å². The zero-order valence-corrected chi connectivity index (χ0v) is 10.7.